The van der Waals surface area contributed by atoms with Crippen LogP contribution in [-0.2, 0) is 0 Å². The Bertz CT molecular complexity index is 613. The van der Waals surface area contributed by atoms with Gasteiger partial charge in [-0.05, 0) is 44.9 Å². The zero-order valence-electron chi connectivity index (χ0n) is 13.9. The van der Waals surface area contributed by atoms with E-state index in [1.807, 2.05) is 6.92 Å². The van der Waals surface area contributed by atoms with Crippen LogP contribution < -0.4 is 9.80 Å². The maximum Gasteiger partial charge on any atom is 0.135 e. The monoisotopic (exact) mass is 296 g/mol. The second-order valence-corrected chi connectivity index (χ2v) is 6.10. The first-order valence-electron chi connectivity index (χ1n) is 7.92. The minimum atomic E-state index is 1.00. The van der Waals surface area contributed by atoms with Gasteiger partial charge >= 0.3 is 0 Å². The highest BCUT2D eigenvalue weighted by molar-refractivity contribution is 5.57. The molecule has 2 aromatic rings. The summed E-state index contributed by atoms with van der Waals surface area (Å²) in [7, 11) is 0. The van der Waals surface area contributed by atoms with Gasteiger partial charge in [-0.2, -0.15) is 0 Å². The van der Waals surface area contributed by atoms with Gasteiger partial charge in [0.25, 0.3) is 0 Å². The summed E-state index contributed by atoms with van der Waals surface area (Å²) < 4.78 is 0. The molecule has 1 aromatic carbocycles. The lowest BCUT2D eigenvalue weighted by atomic mass is 10.1. The van der Waals surface area contributed by atoms with Crippen LogP contribution in [0.4, 0.5) is 11.5 Å². The lowest BCUT2D eigenvalue weighted by Crippen LogP contribution is -2.47. The molecular formula is C18H24N4. The highest BCUT2D eigenvalue weighted by atomic mass is 15.3. The van der Waals surface area contributed by atoms with Crippen molar-refractivity contribution in [2.45, 2.75) is 27.7 Å². The first-order valence-corrected chi connectivity index (χ1v) is 7.92. The van der Waals surface area contributed by atoms with E-state index in [9.17, 15) is 0 Å². The number of hydrogen-bond donors (Lipinski definition) is 0. The Morgan fingerprint density at radius 1 is 0.818 bits per heavy atom. The fourth-order valence-electron chi connectivity index (χ4n) is 3.08. The van der Waals surface area contributed by atoms with Crippen LogP contribution in [0.2, 0.25) is 0 Å². The molecule has 0 atom stereocenters. The van der Waals surface area contributed by atoms with Gasteiger partial charge in [0.1, 0.15) is 12.1 Å². The molecular weight excluding hydrogens is 272 g/mol. The molecule has 0 saturated carbocycles. The summed E-state index contributed by atoms with van der Waals surface area (Å²) in [4.78, 5) is 13.6. The molecule has 0 spiro atoms. The van der Waals surface area contributed by atoms with Crippen molar-refractivity contribution in [3.05, 3.63) is 46.9 Å². The number of anilines is 2. The van der Waals surface area contributed by atoms with Crippen molar-refractivity contribution in [1.82, 2.24) is 9.97 Å². The smallest absolute Gasteiger partial charge is 0.135 e. The molecule has 2 heterocycles. The third-order valence-electron chi connectivity index (χ3n) is 4.81. The highest BCUT2D eigenvalue weighted by Crippen LogP contribution is 2.26. The van der Waals surface area contributed by atoms with E-state index in [-0.39, 0.29) is 0 Å². The van der Waals surface area contributed by atoms with E-state index in [1.54, 1.807) is 6.33 Å². The van der Waals surface area contributed by atoms with Gasteiger partial charge < -0.3 is 9.80 Å². The van der Waals surface area contributed by atoms with Crippen molar-refractivity contribution in [3.8, 4) is 0 Å². The Hall–Kier alpha value is -2.10. The molecule has 1 aliphatic rings. The topological polar surface area (TPSA) is 32.3 Å². The Labute approximate surface area is 132 Å². The van der Waals surface area contributed by atoms with Gasteiger partial charge in [0.15, 0.2) is 0 Å². The average Bonchev–Trinajstić information content (AvgIpc) is 2.53. The van der Waals surface area contributed by atoms with E-state index in [4.69, 9.17) is 0 Å². The Morgan fingerprint density at radius 2 is 1.50 bits per heavy atom. The Kier molecular flexibility index (Phi) is 4.01. The summed E-state index contributed by atoms with van der Waals surface area (Å²) in [6, 6.07) is 6.57. The van der Waals surface area contributed by atoms with Gasteiger partial charge in [-0.15, -0.1) is 0 Å². The van der Waals surface area contributed by atoms with Crippen molar-refractivity contribution in [2.75, 3.05) is 36.0 Å². The van der Waals surface area contributed by atoms with E-state index < -0.39 is 0 Å². The number of benzene rings is 1. The molecule has 0 N–H and O–H groups in total. The molecule has 116 valence electrons. The molecule has 4 heteroatoms. The largest absolute Gasteiger partial charge is 0.368 e. The summed E-state index contributed by atoms with van der Waals surface area (Å²) in [5, 5.41) is 0. The third kappa shape index (κ3) is 2.65. The maximum atomic E-state index is 4.49. The van der Waals surface area contributed by atoms with Crippen LogP contribution in [0.25, 0.3) is 0 Å². The van der Waals surface area contributed by atoms with Gasteiger partial charge in [-0.1, -0.05) is 12.1 Å². The van der Waals surface area contributed by atoms with E-state index in [2.05, 4.69) is 58.7 Å². The summed E-state index contributed by atoms with van der Waals surface area (Å²) in [5.41, 5.74) is 6.40. The van der Waals surface area contributed by atoms with Gasteiger partial charge in [0.05, 0.1) is 0 Å². The molecule has 0 aliphatic carbocycles. The Balaban J connectivity index is 1.75. The van der Waals surface area contributed by atoms with Gasteiger partial charge in [-0.3, -0.25) is 0 Å². The molecule has 1 fully saturated rings. The standard InChI is InChI=1S/C18H24N4/c1-13-6-5-7-17(14(13)2)21-8-10-22(11-9-21)18-15(3)16(4)19-12-20-18/h5-7,12H,8-11H2,1-4H3. The zero-order chi connectivity index (χ0) is 15.7. The zero-order valence-corrected chi connectivity index (χ0v) is 13.9. The van der Waals surface area contributed by atoms with Crippen LogP contribution in [0.1, 0.15) is 22.4 Å². The first-order chi connectivity index (χ1) is 10.6. The number of piperazine rings is 1. The maximum absolute atomic E-state index is 4.49. The summed E-state index contributed by atoms with van der Waals surface area (Å²) in [5.74, 6) is 1.09. The number of aromatic nitrogens is 2. The van der Waals surface area contributed by atoms with Crippen molar-refractivity contribution >= 4 is 11.5 Å². The first kappa shape index (κ1) is 14.8. The number of aryl methyl sites for hydroxylation is 2. The summed E-state index contributed by atoms with van der Waals surface area (Å²) >= 11 is 0. The van der Waals surface area contributed by atoms with E-state index >= 15 is 0 Å². The second kappa shape index (κ2) is 5.95. The normalized spacial score (nSPS) is 15.3. The van der Waals surface area contributed by atoms with Crippen LogP contribution in [0, 0.1) is 27.7 Å². The van der Waals surface area contributed by atoms with Crippen LogP contribution in [0.15, 0.2) is 24.5 Å². The fraction of sp³-hybridized carbons (Fsp3) is 0.444. The van der Waals surface area contributed by atoms with Crippen molar-refractivity contribution < 1.29 is 0 Å². The van der Waals surface area contributed by atoms with Gasteiger partial charge in [0.2, 0.25) is 0 Å². The van der Waals surface area contributed by atoms with Crippen molar-refractivity contribution in [3.63, 3.8) is 0 Å². The number of hydrogen-bond acceptors (Lipinski definition) is 4. The minimum Gasteiger partial charge on any atom is -0.368 e. The fourth-order valence-corrected chi connectivity index (χ4v) is 3.08. The highest BCUT2D eigenvalue weighted by Gasteiger charge is 2.21. The number of rotatable bonds is 2. The lowest BCUT2D eigenvalue weighted by molar-refractivity contribution is 0.643. The third-order valence-corrected chi connectivity index (χ3v) is 4.81. The molecule has 0 amide bonds. The second-order valence-electron chi connectivity index (χ2n) is 6.10. The molecule has 22 heavy (non-hydrogen) atoms. The van der Waals surface area contributed by atoms with Crippen LogP contribution in [0.5, 0.6) is 0 Å². The van der Waals surface area contributed by atoms with Crippen molar-refractivity contribution in [1.29, 1.82) is 0 Å². The molecule has 0 bridgehead atoms. The molecule has 1 aromatic heterocycles. The van der Waals surface area contributed by atoms with E-state index in [0.29, 0.717) is 0 Å². The van der Waals surface area contributed by atoms with Gasteiger partial charge in [-0.25, -0.2) is 9.97 Å². The SMILES string of the molecule is Cc1cccc(N2CCN(c3ncnc(C)c3C)CC2)c1C. The van der Waals surface area contributed by atoms with Gasteiger partial charge in [0, 0.05) is 43.1 Å². The quantitative estimate of drug-likeness (QED) is 0.852. The number of nitrogens with zero attached hydrogens (tertiary/aromatic N) is 4. The molecule has 0 radical (unpaired) electrons. The van der Waals surface area contributed by atoms with Crippen LogP contribution >= 0.6 is 0 Å². The van der Waals surface area contributed by atoms with Crippen LogP contribution in [0.3, 0.4) is 0 Å². The lowest BCUT2D eigenvalue weighted by Gasteiger charge is -2.38. The molecule has 4 nitrogen and oxygen atoms in total. The Morgan fingerprint density at radius 3 is 2.23 bits per heavy atom. The molecule has 3 rings (SSSR count). The molecule has 0 unspecified atom stereocenters. The summed E-state index contributed by atoms with van der Waals surface area (Å²) in [6.07, 6.45) is 1.68. The van der Waals surface area contributed by atoms with Crippen LogP contribution in [-0.4, -0.2) is 36.1 Å². The molecule has 1 saturated heterocycles. The minimum absolute atomic E-state index is 1.00. The predicted octanol–water partition coefficient (Wildman–Crippen LogP) is 3.04. The van der Waals surface area contributed by atoms with E-state index in [0.717, 1.165) is 37.7 Å². The van der Waals surface area contributed by atoms with Crippen molar-refractivity contribution in [2.24, 2.45) is 0 Å². The predicted molar refractivity (Wildman–Crippen MR) is 91.8 cm³/mol. The average molecular weight is 296 g/mol. The summed E-state index contributed by atoms with van der Waals surface area (Å²) in [6.45, 7) is 12.6. The van der Waals surface area contributed by atoms with E-state index in [1.165, 1.54) is 22.4 Å². The molecule has 1 aliphatic heterocycles.